The van der Waals surface area contributed by atoms with Crippen molar-refractivity contribution in [3.05, 3.63) is 48.0 Å². The first-order chi connectivity index (χ1) is 27.3. The van der Waals surface area contributed by atoms with Gasteiger partial charge in [-0.05, 0) is 61.0 Å². The van der Waals surface area contributed by atoms with E-state index in [-0.39, 0.29) is 6.42 Å². The molecule has 2 atom stereocenters. The van der Waals surface area contributed by atoms with Gasteiger partial charge in [-0.3, -0.25) is 48.2 Å². The van der Waals surface area contributed by atoms with Crippen molar-refractivity contribution in [1.29, 1.82) is 0 Å². The summed E-state index contributed by atoms with van der Waals surface area (Å²) in [5.41, 5.74) is -2.93. The van der Waals surface area contributed by atoms with Gasteiger partial charge in [-0.15, -0.1) is 0 Å². The molecule has 0 bridgehead atoms. The second-order valence-corrected chi connectivity index (χ2v) is 15.6. The lowest BCUT2D eigenvalue weighted by molar-refractivity contribution is -0.163. The molecule has 0 aromatic heterocycles. The number of nitrogens with zero attached hydrogens (tertiary/aromatic N) is 2. The van der Waals surface area contributed by atoms with Gasteiger partial charge in [-0.1, -0.05) is 30.3 Å². The van der Waals surface area contributed by atoms with Gasteiger partial charge in [0.2, 0.25) is 29.5 Å². The molecule has 0 saturated heterocycles. The summed E-state index contributed by atoms with van der Waals surface area (Å²) in [7, 11) is 0. The predicted molar refractivity (Wildman–Crippen MR) is 205 cm³/mol. The molecule has 0 aliphatic carbocycles. The van der Waals surface area contributed by atoms with Gasteiger partial charge in [0.1, 0.15) is 36.6 Å². The standard InChI is InChI=1S/C38H53N7O14/c1-36(2,3)58-31(51)21-44(35(56)59-37(4,5)6)20-25(45-29(49)14-15-30(45)50)33(53)41-17-26(46)39-19-28(48)43-24(16-23-12-10-9-11-13-23)32(52)40-18-27(47)42-22-57-38(7,8)34(54)55/h9-15,24-25H,16-22H2,1-8H3,(H,39,46)(H,40,52)(H,41,53)(H,42,47)(H,43,48)(H,54,55)/t24-,25-/m0/s1. The van der Waals surface area contributed by atoms with Crippen LogP contribution in [-0.2, 0) is 63.8 Å². The highest BCUT2D eigenvalue weighted by atomic mass is 16.6. The summed E-state index contributed by atoms with van der Waals surface area (Å²) in [6, 6.07) is 5.57. The van der Waals surface area contributed by atoms with Gasteiger partial charge in [0, 0.05) is 18.6 Å². The highest BCUT2D eigenvalue weighted by Crippen LogP contribution is 2.16. The number of benzene rings is 1. The van der Waals surface area contributed by atoms with Crippen molar-refractivity contribution < 1.29 is 67.3 Å². The van der Waals surface area contributed by atoms with Gasteiger partial charge in [0.25, 0.3) is 11.8 Å². The smallest absolute Gasteiger partial charge is 0.410 e. The number of imide groups is 1. The van der Waals surface area contributed by atoms with E-state index in [0.29, 0.717) is 10.5 Å². The molecule has 21 nitrogen and oxygen atoms in total. The fraction of sp³-hybridized carbons (Fsp3) is 0.526. The van der Waals surface area contributed by atoms with E-state index in [9.17, 15) is 47.9 Å². The van der Waals surface area contributed by atoms with E-state index in [1.807, 2.05) is 0 Å². The molecule has 1 aromatic rings. The monoisotopic (exact) mass is 831 g/mol. The van der Waals surface area contributed by atoms with Gasteiger partial charge in [-0.25, -0.2) is 9.59 Å². The lowest BCUT2D eigenvalue weighted by atomic mass is 10.1. The van der Waals surface area contributed by atoms with Crippen LogP contribution >= 0.6 is 0 Å². The number of aliphatic carboxylic acids is 1. The fourth-order valence-electron chi connectivity index (χ4n) is 4.81. The predicted octanol–water partition coefficient (Wildman–Crippen LogP) is -1.11. The molecule has 0 radical (unpaired) electrons. The number of carboxylic acids is 1. The van der Waals surface area contributed by atoms with Gasteiger partial charge < -0.3 is 45.9 Å². The van der Waals surface area contributed by atoms with Crippen molar-refractivity contribution >= 4 is 59.4 Å². The molecular weight excluding hydrogens is 778 g/mol. The highest BCUT2D eigenvalue weighted by Gasteiger charge is 2.40. The number of carboxylic acid groups (broad SMARTS) is 1. The zero-order valence-electron chi connectivity index (χ0n) is 34.3. The van der Waals surface area contributed by atoms with Gasteiger partial charge >= 0.3 is 18.0 Å². The Morgan fingerprint density at radius 3 is 1.78 bits per heavy atom. The molecule has 8 amide bonds. The molecule has 1 aromatic carbocycles. The topological polar surface area (TPSA) is 285 Å². The van der Waals surface area contributed by atoms with E-state index in [1.165, 1.54) is 13.8 Å². The van der Waals surface area contributed by atoms with Crippen molar-refractivity contribution in [3.8, 4) is 0 Å². The van der Waals surface area contributed by atoms with Crippen LogP contribution in [0.1, 0.15) is 61.0 Å². The zero-order valence-corrected chi connectivity index (χ0v) is 34.3. The molecule has 324 valence electrons. The minimum absolute atomic E-state index is 0.0155. The molecule has 6 N–H and O–H groups in total. The van der Waals surface area contributed by atoms with Crippen LogP contribution < -0.4 is 26.6 Å². The molecule has 0 spiro atoms. The maximum absolute atomic E-state index is 13.5. The van der Waals surface area contributed by atoms with Crippen LogP contribution in [0.2, 0.25) is 0 Å². The largest absolute Gasteiger partial charge is 0.479 e. The number of hydrogen-bond donors (Lipinski definition) is 6. The van der Waals surface area contributed by atoms with Crippen LogP contribution in [0.25, 0.3) is 0 Å². The highest BCUT2D eigenvalue weighted by molar-refractivity contribution is 6.15. The number of carbonyl (C=O) groups is 10. The summed E-state index contributed by atoms with van der Waals surface area (Å²) in [5, 5.41) is 20.8. The van der Waals surface area contributed by atoms with E-state index in [0.717, 1.165) is 17.1 Å². The lowest BCUT2D eigenvalue weighted by Crippen LogP contribution is -2.57. The Balaban J connectivity index is 2.09. The fourth-order valence-corrected chi connectivity index (χ4v) is 4.81. The number of carbonyl (C=O) groups excluding carboxylic acids is 9. The quantitative estimate of drug-likeness (QED) is 0.0517. The molecule has 21 heteroatoms. The number of hydrogen-bond acceptors (Lipinski definition) is 13. The van der Waals surface area contributed by atoms with Crippen LogP contribution in [0, 0.1) is 0 Å². The molecular formula is C38H53N7O14. The van der Waals surface area contributed by atoms with Crippen molar-refractivity contribution in [2.24, 2.45) is 0 Å². The van der Waals surface area contributed by atoms with Crippen LogP contribution in [0.5, 0.6) is 0 Å². The summed E-state index contributed by atoms with van der Waals surface area (Å²) in [4.78, 5) is 128. The third-order valence-corrected chi connectivity index (χ3v) is 7.69. The molecule has 0 fully saturated rings. The zero-order chi connectivity index (χ0) is 44.7. The summed E-state index contributed by atoms with van der Waals surface area (Å²) in [5.74, 6) is -8.22. The molecule has 0 saturated carbocycles. The Morgan fingerprint density at radius 2 is 1.24 bits per heavy atom. The molecule has 59 heavy (non-hydrogen) atoms. The van der Waals surface area contributed by atoms with Crippen molar-refractivity contribution in [3.63, 3.8) is 0 Å². The summed E-state index contributed by atoms with van der Waals surface area (Å²) >= 11 is 0. The van der Waals surface area contributed by atoms with Crippen molar-refractivity contribution in [1.82, 2.24) is 36.4 Å². The average Bonchev–Trinajstić information content (AvgIpc) is 3.45. The third kappa shape index (κ3) is 17.7. The number of nitrogens with one attached hydrogen (secondary N) is 5. The normalized spacial score (nSPS) is 13.7. The van der Waals surface area contributed by atoms with E-state index < -0.39 is 128 Å². The minimum atomic E-state index is -1.75. The van der Waals surface area contributed by atoms with E-state index >= 15 is 0 Å². The molecule has 1 heterocycles. The number of ether oxygens (including phenoxy) is 3. The first kappa shape index (κ1) is 48.8. The summed E-state index contributed by atoms with van der Waals surface area (Å²) < 4.78 is 15.8. The number of esters is 1. The lowest BCUT2D eigenvalue weighted by Gasteiger charge is -2.32. The van der Waals surface area contributed by atoms with E-state index in [4.69, 9.17) is 19.3 Å². The Morgan fingerprint density at radius 1 is 0.712 bits per heavy atom. The Bertz CT molecular complexity index is 1770. The average molecular weight is 832 g/mol. The second kappa shape index (κ2) is 21.4. The second-order valence-electron chi connectivity index (χ2n) is 15.6. The minimum Gasteiger partial charge on any atom is -0.479 e. The third-order valence-electron chi connectivity index (χ3n) is 7.69. The van der Waals surface area contributed by atoms with Gasteiger partial charge in [-0.2, -0.15) is 0 Å². The molecule has 1 aliphatic heterocycles. The number of rotatable bonds is 20. The van der Waals surface area contributed by atoms with Crippen LogP contribution in [0.3, 0.4) is 0 Å². The Kier molecular flexibility index (Phi) is 17.7. The van der Waals surface area contributed by atoms with E-state index in [2.05, 4.69) is 26.6 Å². The Labute approximate surface area is 340 Å². The van der Waals surface area contributed by atoms with Crippen molar-refractivity contribution in [2.75, 3.05) is 39.5 Å². The maximum Gasteiger partial charge on any atom is 0.410 e. The summed E-state index contributed by atoms with van der Waals surface area (Å²) in [6.45, 7) is 8.12. The number of amides is 8. The maximum atomic E-state index is 13.5. The first-order valence-electron chi connectivity index (χ1n) is 18.3. The van der Waals surface area contributed by atoms with Crippen LogP contribution in [0.15, 0.2) is 42.5 Å². The molecule has 1 aliphatic rings. The van der Waals surface area contributed by atoms with Gasteiger partial charge in [0.15, 0.2) is 5.60 Å². The van der Waals surface area contributed by atoms with Crippen molar-refractivity contribution in [2.45, 2.75) is 90.7 Å². The SMILES string of the molecule is CC(C)(C)OC(=O)CN(C[C@@H](C(=O)NCC(=O)NCC(=O)N[C@@H](Cc1ccccc1)C(=O)NCC(=O)NCOC(C)(C)C(=O)O)N1C(=O)C=CC1=O)C(=O)OC(C)(C)C. The molecule has 0 unspecified atom stereocenters. The van der Waals surface area contributed by atoms with Crippen LogP contribution in [0.4, 0.5) is 4.79 Å². The Hall–Kier alpha value is -6.38. The van der Waals surface area contributed by atoms with Gasteiger partial charge in [0.05, 0.1) is 26.2 Å². The molecule has 2 rings (SSSR count). The first-order valence-corrected chi connectivity index (χ1v) is 18.3. The summed E-state index contributed by atoms with van der Waals surface area (Å²) in [6.07, 6.45) is 0.727. The van der Waals surface area contributed by atoms with E-state index in [1.54, 1.807) is 71.9 Å². The van der Waals surface area contributed by atoms with Crippen LogP contribution in [-0.4, -0.2) is 143 Å².